The van der Waals surface area contributed by atoms with Crippen molar-refractivity contribution in [3.8, 4) is 0 Å². The Labute approximate surface area is 164 Å². The van der Waals surface area contributed by atoms with Crippen molar-refractivity contribution in [1.82, 2.24) is 20.9 Å². The SMILES string of the molecule is O=C1CCC(N2Cc3cc(CNC4CCNC5CCC54)ccc3C2=O)C(=O)N1. The summed E-state index contributed by atoms with van der Waals surface area (Å²) < 4.78 is 0. The van der Waals surface area contributed by atoms with Crippen LogP contribution in [0, 0.1) is 5.92 Å². The van der Waals surface area contributed by atoms with Gasteiger partial charge < -0.3 is 15.5 Å². The molecule has 2 saturated heterocycles. The first kappa shape index (κ1) is 17.8. The van der Waals surface area contributed by atoms with E-state index in [0.717, 1.165) is 31.0 Å². The van der Waals surface area contributed by atoms with Crippen LogP contribution in [-0.2, 0) is 22.7 Å². The number of hydrogen-bond donors (Lipinski definition) is 3. The standard InChI is InChI=1S/C21H26N4O3/c26-19-6-5-18(20(27)24-19)25-11-13-9-12(1-2-14(13)21(25)28)10-23-17-7-8-22-16-4-3-15(16)17/h1-2,9,15-18,22-23H,3-8,10-11H2,(H,24,26,27). The lowest BCUT2D eigenvalue weighted by molar-refractivity contribution is -0.136. The van der Waals surface area contributed by atoms with Crippen LogP contribution in [0.15, 0.2) is 18.2 Å². The van der Waals surface area contributed by atoms with Crippen LogP contribution in [0.2, 0.25) is 0 Å². The summed E-state index contributed by atoms with van der Waals surface area (Å²) in [5, 5.41) is 9.66. The zero-order valence-corrected chi connectivity index (χ0v) is 15.9. The second kappa shape index (κ2) is 6.97. The predicted octanol–water partition coefficient (Wildman–Crippen LogP) is 0.678. The lowest BCUT2D eigenvalue weighted by Crippen LogP contribution is -2.58. The Kier molecular flexibility index (Phi) is 4.44. The van der Waals surface area contributed by atoms with Crippen molar-refractivity contribution in [3.05, 3.63) is 34.9 Å². The van der Waals surface area contributed by atoms with Crippen molar-refractivity contribution < 1.29 is 14.4 Å². The van der Waals surface area contributed by atoms with Gasteiger partial charge in [-0.15, -0.1) is 0 Å². The number of carbonyl (C=O) groups is 3. The smallest absolute Gasteiger partial charge is 0.255 e. The average Bonchev–Trinajstić information content (AvgIpc) is 2.97. The van der Waals surface area contributed by atoms with E-state index in [9.17, 15) is 14.4 Å². The van der Waals surface area contributed by atoms with Crippen LogP contribution in [-0.4, -0.2) is 47.3 Å². The highest BCUT2D eigenvalue weighted by Crippen LogP contribution is 2.34. The van der Waals surface area contributed by atoms with Gasteiger partial charge in [0.05, 0.1) is 0 Å². The van der Waals surface area contributed by atoms with Gasteiger partial charge >= 0.3 is 0 Å². The minimum absolute atomic E-state index is 0.111. The van der Waals surface area contributed by atoms with Gasteiger partial charge in [0.25, 0.3) is 5.91 Å². The van der Waals surface area contributed by atoms with Gasteiger partial charge in [-0.3, -0.25) is 19.7 Å². The summed E-state index contributed by atoms with van der Waals surface area (Å²) in [7, 11) is 0. The van der Waals surface area contributed by atoms with Crippen LogP contribution in [0.25, 0.3) is 0 Å². The zero-order chi connectivity index (χ0) is 19.3. The van der Waals surface area contributed by atoms with Gasteiger partial charge in [0.15, 0.2) is 0 Å². The average molecular weight is 382 g/mol. The van der Waals surface area contributed by atoms with E-state index in [4.69, 9.17) is 0 Å². The molecule has 1 aromatic carbocycles. The molecule has 0 radical (unpaired) electrons. The lowest BCUT2D eigenvalue weighted by atomic mass is 9.71. The number of imide groups is 1. The molecule has 3 N–H and O–H groups in total. The van der Waals surface area contributed by atoms with Crippen LogP contribution in [0.3, 0.4) is 0 Å². The van der Waals surface area contributed by atoms with Gasteiger partial charge in [0, 0.05) is 37.2 Å². The molecule has 7 heteroatoms. The molecule has 4 unspecified atom stereocenters. The molecule has 1 saturated carbocycles. The normalized spacial score (nSPS) is 31.9. The monoisotopic (exact) mass is 382 g/mol. The van der Waals surface area contributed by atoms with E-state index < -0.39 is 6.04 Å². The van der Waals surface area contributed by atoms with Crippen molar-refractivity contribution in [3.63, 3.8) is 0 Å². The van der Waals surface area contributed by atoms with Gasteiger partial charge in [-0.05, 0) is 55.3 Å². The summed E-state index contributed by atoms with van der Waals surface area (Å²) in [4.78, 5) is 37.9. The molecular weight excluding hydrogens is 356 g/mol. The molecule has 3 fully saturated rings. The molecule has 0 aromatic heterocycles. The number of carbonyl (C=O) groups excluding carboxylic acids is 3. The maximum Gasteiger partial charge on any atom is 0.255 e. The second-order valence-electron chi connectivity index (χ2n) is 8.47. The summed E-state index contributed by atoms with van der Waals surface area (Å²) in [5.74, 6) is 0.0121. The minimum atomic E-state index is -0.551. The number of piperidine rings is 2. The summed E-state index contributed by atoms with van der Waals surface area (Å²) in [6.45, 7) is 2.32. The highest BCUT2D eigenvalue weighted by Gasteiger charge is 2.40. The number of benzene rings is 1. The van der Waals surface area contributed by atoms with E-state index in [2.05, 4.69) is 22.0 Å². The minimum Gasteiger partial charge on any atom is -0.322 e. The fraction of sp³-hybridized carbons (Fsp3) is 0.571. The van der Waals surface area contributed by atoms with E-state index >= 15 is 0 Å². The lowest BCUT2D eigenvalue weighted by Gasteiger charge is -2.47. The second-order valence-corrected chi connectivity index (χ2v) is 8.47. The number of rotatable bonds is 4. The van der Waals surface area contributed by atoms with E-state index in [0.29, 0.717) is 30.6 Å². The van der Waals surface area contributed by atoms with E-state index in [1.807, 2.05) is 12.1 Å². The number of fused-ring (bicyclic) bond motifs is 2. The molecule has 0 spiro atoms. The third-order valence-electron chi connectivity index (χ3n) is 6.86. The third-order valence-corrected chi connectivity index (χ3v) is 6.86. The molecule has 7 nitrogen and oxygen atoms in total. The molecule has 28 heavy (non-hydrogen) atoms. The van der Waals surface area contributed by atoms with Crippen LogP contribution in [0.4, 0.5) is 0 Å². The van der Waals surface area contributed by atoms with Crippen molar-refractivity contribution >= 4 is 17.7 Å². The number of nitrogens with one attached hydrogen (secondary N) is 3. The summed E-state index contributed by atoms with van der Waals surface area (Å²) in [5.41, 5.74) is 2.82. The summed E-state index contributed by atoms with van der Waals surface area (Å²) in [6, 6.07) is 6.68. The molecule has 3 aliphatic heterocycles. The summed E-state index contributed by atoms with van der Waals surface area (Å²) in [6.07, 6.45) is 4.43. The highest BCUT2D eigenvalue weighted by atomic mass is 16.2. The number of nitrogens with zero attached hydrogens (tertiary/aromatic N) is 1. The maximum atomic E-state index is 12.8. The molecule has 3 amide bonds. The molecule has 5 rings (SSSR count). The Morgan fingerprint density at radius 2 is 2.00 bits per heavy atom. The highest BCUT2D eigenvalue weighted by molar-refractivity contribution is 6.05. The Balaban J connectivity index is 1.25. The van der Waals surface area contributed by atoms with E-state index in [-0.39, 0.29) is 24.1 Å². The topological polar surface area (TPSA) is 90.5 Å². The van der Waals surface area contributed by atoms with Crippen molar-refractivity contribution in [2.24, 2.45) is 5.92 Å². The van der Waals surface area contributed by atoms with Crippen LogP contribution >= 0.6 is 0 Å². The molecule has 1 aromatic rings. The first-order chi connectivity index (χ1) is 13.6. The van der Waals surface area contributed by atoms with Crippen molar-refractivity contribution in [2.75, 3.05) is 6.54 Å². The van der Waals surface area contributed by atoms with Crippen LogP contribution < -0.4 is 16.0 Å². The van der Waals surface area contributed by atoms with Gasteiger partial charge in [0.1, 0.15) is 6.04 Å². The molecule has 1 aliphatic carbocycles. The summed E-state index contributed by atoms with van der Waals surface area (Å²) >= 11 is 0. The fourth-order valence-corrected chi connectivity index (χ4v) is 5.14. The fourth-order valence-electron chi connectivity index (χ4n) is 5.14. The maximum absolute atomic E-state index is 12.8. The molecule has 0 bridgehead atoms. The Hall–Kier alpha value is -2.25. The first-order valence-electron chi connectivity index (χ1n) is 10.3. The Bertz CT molecular complexity index is 839. The van der Waals surface area contributed by atoms with Gasteiger partial charge in [-0.1, -0.05) is 12.1 Å². The third kappa shape index (κ3) is 3.02. The van der Waals surface area contributed by atoms with E-state index in [1.165, 1.54) is 18.4 Å². The van der Waals surface area contributed by atoms with Gasteiger partial charge in [-0.2, -0.15) is 0 Å². The van der Waals surface area contributed by atoms with Crippen molar-refractivity contribution in [1.29, 1.82) is 0 Å². The Morgan fingerprint density at radius 1 is 1.11 bits per heavy atom. The molecule has 4 atom stereocenters. The number of amides is 3. The first-order valence-corrected chi connectivity index (χ1v) is 10.3. The Morgan fingerprint density at radius 3 is 2.79 bits per heavy atom. The predicted molar refractivity (Wildman–Crippen MR) is 102 cm³/mol. The van der Waals surface area contributed by atoms with Gasteiger partial charge in [0.2, 0.25) is 11.8 Å². The zero-order valence-electron chi connectivity index (χ0n) is 15.9. The van der Waals surface area contributed by atoms with E-state index in [1.54, 1.807) is 4.90 Å². The van der Waals surface area contributed by atoms with Crippen LogP contribution in [0.1, 0.15) is 53.6 Å². The quantitative estimate of drug-likeness (QED) is 0.666. The molecule has 4 aliphatic rings. The largest absolute Gasteiger partial charge is 0.322 e. The van der Waals surface area contributed by atoms with Gasteiger partial charge in [-0.25, -0.2) is 0 Å². The molecule has 148 valence electrons. The molecule has 3 heterocycles. The van der Waals surface area contributed by atoms with Crippen molar-refractivity contribution in [2.45, 2.75) is 63.3 Å². The molecular formula is C21H26N4O3. The number of hydrogen-bond acceptors (Lipinski definition) is 5. The van der Waals surface area contributed by atoms with Crippen LogP contribution in [0.5, 0.6) is 0 Å².